The van der Waals surface area contributed by atoms with Crippen LogP contribution in [0.25, 0.3) is 0 Å². The molecule has 0 aromatic heterocycles. The van der Waals surface area contributed by atoms with Crippen LogP contribution in [0.2, 0.25) is 0 Å². The molecule has 0 unspecified atom stereocenters. The first-order valence-electron chi connectivity index (χ1n) is 8.23. The maximum atomic E-state index is 12.4. The summed E-state index contributed by atoms with van der Waals surface area (Å²) in [6, 6.07) is 0. The van der Waals surface area contributed by atoms with Crippen molar-refractivity contribution in [2.75, 3.05) is 28.2 Å². The van der Waals surface area contributed by atoms with Gasteiger partial charge in [0.2, 0.25) is 0 Å². The number of hydrogen-bond donors (Lipinski definition) is 2. The highest BCUT2D eigenvalue weighted by molar-refractivity contribution is 6.09. The van der Waals surface area contributed by atoms with Crippen LogP contribution >= 0.6 is 0 Å². The van der Waals surface area contributed by atoms with E-state index in [1.54, 1.807) is 0 Å². The molecular formula is C20H30N2O+2. The average molecular weight is 314 g/mol. The fourth-order valence-corrected chi connectivity index (χ4v) is 2.19. The van der Waals surface area contributed by atoms with Gasteiger partial charge in [0.1, 0.15) is 0 Å². The number of rotatable bonds is 6. The monoisotopic (exact) mass is 314 g/mol. The van der Waals surface area contributed by atoms with Crippen LogP contribution in [0.4, 0.5) is 0 Å². The highest BCUT2D eigenvalue weighted by Gasteiger charge is 2.18. The van der Waals surface area contributed by atoms with Crippen molar-refractivity contribution in [2.45, 2.75) is 19.3 Å². The van der Waals surface area contributed by atoms with Crippen molar-refractivity contribution in [3.05, 3.63) is 72.2 Å². The zero-order chi connectivity index (χ0) is 17.1. The molecular weight excluding hydrogens is 284 g/mol. The first-order valence-corrected chi connectivity index (χ1v) is 8.23. The Morgan fingerprint density at radius 2 is 1.13 bits per heavy atom. The number of carbonyl (C=O) groups is 1. The van der Waals surface area contributed by atoms with Gasteiger partial charge < -0.3 is 9.80 Å². The van der Waals surface area contributed by atoms with Gasteiger partial charge in [-0.25, -0.2) is 0 Å². The fourth-order valence-electron chi connectivity index (χ4n) is 2.19. The highest BCUT2D eigenvalue weighted by atomic mass is 16.1. The van der Waals surface area contributed by atoms with Gasteiger partial charge >= 0.3 is 0 Å². The number of carbonyl (C=O) groups excluding carboxylic acids is 1. The number of ketones is 1. The molecule has 3 nitrogen and oxygen atoms in total. The summed E-state index contributed by atoms with van der Waals surface area (Å²) in [6.45, 7) is 0. The number of hydrogen-bond acceptors (Lipinski definition) is 1. The second-order valence-corrected chi connectivity index (χ2v) is 6.21. The third-order valence-electron chi connectivity index (χ3n) is 3.37. The lowest BCUT2D eigenvalue weighted by atomic mass is 9.88. The van der Waals surface area contributed by atoms with Crippen LogP contribution in [0.15, 0.2) is 72.2 Å². The molecule has 23 heavy (non-hydrogen) atoms. The molecule has 2 N–H and O–H groups in total. The maximum absolute atomic E-state index is 12.4. The summed E-state index contributed by atoms with van der Waals surface area (Å²) in [5.74, 6) is 0.190. The topological polar surface area (TPSA) is 26.0 Å². The van der Waals surface area contributed by atoms with Crippen LogP contribution in [0.3, 0.4) is 0 Å². The molecule has 3 heteroatoms. The Balaban J connectivity index is 2.67. The van der Waals surface area contributed by atoms with Gasteiger partial charge in [-0.3, -0.25) is 4.79 Å². The molecule has 0 heterocycles. The summed E-state index contributed by atoms with van der Waals surface area (Å²) >= 11 is 0. The zero-order valence-electron chi connectivity index (χ0n) is 14.8. The van der Waals surface area contributed by atoms with Gasteiger partial charge in [-0.1, -0.05) is 36.5 Å². The molecule has 0 aromatic carbocycles. The number of Topliss-reactive ketones (excluding diaryl/α,β-unsaturated/α-hetero) is 1. The van der Waals surface area contributed by atoms with Crippen LogP contribution in [0.1, 0.15) is 19.3 Å². The quantitative estimate of drug-likeness (QED) is 0.556. The summed E-state index contributed by atoms with van der Waals surface area (Å²) in [5.41, 5.74) is 1.82. The standard InChI is InChI=1S/C20H28N2O/c1-21(2)16-9-5-7-12-18-14-11-15-19(20(18)23)13-8-6-10-17-22(3)4/h5-10,12-13,16-17H,11,14-15H2,1-4H3/p+2/b7-5+,8-6+,16-9+,17-10+,18-12+,19-13+. The molecule has 124 valence electrons. The van der Waals surface area contributed by atoms with E-state index >= 15 is 0 Å². The summed E-state index contributed by atoms with van der Waals surface area (Å²) in [5, 5.41) is 0. The van der Waals surface area contributed by atoms with E-state index in [0.29, 0.717) is 0 Å². The van der Waals surface area contributed by atoms with E-state index in [2.05, 4.69) is 40.6 Å². The summed E-state index contributed by atoms with van der Waals surface area (Å²) in [4.78, 5) is 14.9. The molecule has 1 aliphatic rings. The molecule has 0 amide bonds. The van der Waals surface area contributed by atoms with Crippen LogP contribution in [-0.4, -0.2) is 34.0 Å². The van der Waals surface area contributed by atoms with Crippen molar-refractivity contribution in [3.8, 4) is 0 Å². The summed E-state index contributed by atoms with van der Waals surface area (Å²) < 4.78 is 0. The largest absolute Gasteiger partial charge is 0.314 e. The molecule has 0 radical (unpaired) electrons. The minimum Gasteiger partial charge on any atom is -0.314 e. The van der Waals surface area contributed by atoms with E-state index in [1.165, 1.54) is 9.80 Å². The Morgan fingerprint density at radius 3 is 1.52 bits per heavy atom. The normalized spacial score (nSPS) is 20.9. The van der Waals surface area contributed by atoms with Gasteiger partial charge in [-0.15, -0.1) is 0 Å². The van der Waals surface area contributed by atoms with Crippen LogP contribution in [-0.2, 0) is 4.79 Å². The van der Waals surface area contributed by atoms with Crippen LogP contribution in [0, 0.1) is 0 Å². The minimum atomic E-state index is 0.190. The van der Waals surface area contributed by atoms with Gasteiger partial charge in [0.15, 0.2) is 5.78 Å². The number of nitrogens with one attached hydrogen (secondary N) is 2. The Bertz CT molecular complexity index is 510. The third kappa shape index (κ3) is 8.29. The number of allylic oxidation sites excluding steroid dienone is 10. The summed E-state index contributed by atoms with van der Waals surface area (Å²) in [6.07, 6.45) is 22.6. The van der Waals surface area contributed by atoms with Gasteiger partial charge in [-0.2, -0.15) is 0 Å². The maximum Gasteiger partial charge on any atom is 0.184 e. The second kappa shape index (κ2) is 10.7. The van der Waals surface area contributed by atoms with E-state index in [4.69, 9.17) is 0 Å². The first-order chi connectivity index (χ1) is 11.0. The van der Waals surface area contributed by atoms with Gasteiger partial charge in [0.05, 0.1) is 40.6 Å². The molecule has 1 rings (SSSR count). The van der Waals surface area contributed by atoms with E-state index in [-0.39, 0.29) is 5.78 Å². The van der Waals surface area contributed by atoms with Gasteiger partial charge in [0.25, 0.3) is 0 Å². The zero-order valence-corrected chi connectivity index (χ0v) is 14.8. The third-order valence-corrected chi connectivity index (χ3v) is 3.37. The molecule has 0 aliphatic heterocycles. The Kier molecular flexibility index (Phi) is 8.88. The predicted octanol–water partition coefficient (Wildman–Crippen LogP) is 1.02. The molecule has 1 fully saturated rings. The lowest BCUT2D eigenvalue weighted by Crippen LogP contribution is -3.00. The average Bonchev–Trinajstić information content (AvgIpc) is 2.49. The van der Waals surface area contributed by atoms with E-state index < -0.39 is 0 Å². The molecule has 1 aliphatic carbocycles. The number of quaternary nitrogens is 2. The Labute approximate surface area is 140 Å². The fraction of sp³-hybridized carbons (Fsp3) is 0.350. The lowest BCUT2D eigenvalue weighted by Gasteiger charge is -2.15. The van der Waals surface area contributed by atoms with E-state index in [0.717, 1.165) is 30.4 Å². The van der Waals surface area contributed by atoms with Crippen molar-refractivity contribution in [1.29, 1.82) is 0 Å². The van der Waals surface area contributed by atoms with Crippen molar-refractivity contribution in [1.82, 2.24) is 0 Å². The van der Waals surface area contributed by atoms with Crippen molar-refractivity contribution in [2.24, 2.45) is 0 Å². The first kappa shape index (κ1) is 19.1. The Morgan fingerprint density at radius 1 is 0.696 bits per heavy atom. The predicted molar refractivity (Wildman–Crippen MR) is 97.2 cm³/mol. The van der Waals surface area contributed by atoms with Crippen molar-refractivity contribution >= 4 is 5.78 Å². The Hall–Kier alpha value is -1.97. The molecule has 1 saturated carbocycles. The van der Waals surface area contributed by atoms with E-state index in [9.17, 15) is 4.79 Å². The molecule has 0 atom stereocenters. The van der Waals surface area contributed by atoms with Crippen molar-refractivity contribution in [3.63, 3.8) is 0 Å². The second-order valence-electron chi connectivity index (χ2n) is 6.21. The molecule has 0 spiro atoms. The van der Waals surface area contributed by atoms with Crippen LogP contribution in [0.5, 0.6) is 0 Å². The lowest BCUT2D eigenvalue weighted by molar-refractivity contribution is -0.801. The van der Waals surface area contributed by atoms with Crippen molar-refractivity contribution < 1.29 is 14.6 Å². The van der Waals surface area contributed by atoms with Gasteiger partial charge in [-0.05, 0) is 42.6 Å². The van der Waals surface area contributed by atoms with Gasteiger partial charge in [0, 0.05) is 0 Å². The molecule has 0 aromatic rings. The smallest absolute Gasteiger partial charge is 0.184 e. The SMILES string of the molecule is C[NH+](C)/C=C/C=C/C=C1\CCC\C(=C/C=C/C=C/[NH+](C)C)C1=O. The molecule has 0 bridgehead atoms. The summed E-state index contributed by atoms with van der Waals surface area (Å²) in [7, 11) is 8.25. The molecule has 0 saturated heterocycles. The van der Waals surface area contributed by atoms with Crippen LogP contribution < -0.4 is 9.80 Å². The minimum absolute atomic E-state index is 0.190. The highest BCUT2D eigenvalue weighted by Crippen LogP contribution is 2.24. The van der Waals surface area contributed by atoms with E-state index in [1.807, 2.05) is 48.6 Å².